The van der Waals surface area contributed by atoms with Crippen LogP contribution in [0.4, 0.5) is 8.78 Å². The smallest absolute Gasteiger partial charge is 0.277 e. The molecule has 3 rings (SSSR count). The molecule has 1 aliphatic heterocycles. The van der Waals surface area contributed by atoms with Crippen molar-refractivity contribution in [2.45, 2.75) is 18.8 Å². The van der Waals surface area contributed by atoms with E-state index in [-0.39, 0.29) is 19.4 Å². The normalized spacial score (nSPS) is 14.0. The van der Waals surface area contributed by atoms with Crippen molar-refractivity contribution in [3.63, 3.8) is 0 Å². The van der Waals surface area contributed by atoms with Gasteiger partial charge in [0.05, 0.1) is 13.1 Å². The number of rotatable bonds is 7. The summed E-state index contributed by atoms with van der Waals surface area (Å²) in [6.07, 6.45) is 0.0964. The summed E-state index contributed by atoms with van der Waals surface area (Å²) in [5.74, 6) is -4.57. The number of carbonyl (C=O) groups is 3. The maximum Gasteiger partial charge on any atom is 0.277 e. The molecule has 3 N–H and O–H groups in total. The van der Waals surface area contributed by atoms with Crippen LogP contribution < -0.4 is 11.1 Å². The van der Waals surface area contributed by atoms with Crippen molar-refractivity contribution in [2.75, 3.05) is 19.6 Å². The zero-order chi connectivity index (χ0) is 19.6. The van der Waals surface area contributed by atoms with E-state index in [0.717, 1.165) is 10.3 Å². The monoisotopic (exact) mass is 375 g/mol. The number of imide groups is 1. The number of nitrogens with zero attached hydrogens (tertiary/aromatic N) is 1. The molecule has 0 unspecified atom stereocenters. The number of hydrogen-bond donors (Lipinski definition) is 2. The van der Waals surface area contributed by atoms with Crippen molar-refractivity contribution in [3.05, 3.63) is 47.5 Å². The van der Waals surface area contributed by atoms with Crippen LogP contribution in [0, 0.1) is 0 Å². The third-order valence-electron chi connectivity index (χ3n) is 4.48. The molecule has 0 saturated carbocycles. The topological polar surface area (TPSA) is 92.5 Å². The van der Waals surface area contributed by atoms with Gasteiger partial charge in [0, 0.05) is 29.5 Å². The number of alkyl halides is 2. The Morgan fingerprint density at radius 3 is 2.22 bits per heavy atom. The molecule has 3 amide bonds. The molecule has 2 aromatic rings. The number of nitrogens with one attached hydrogen (secondary N) is 1. The molecule has 142 valence electrons. The third kappa shape index (κ3) is 3.80. The van der Waals surface area contributed by atoms with Crippen molar-refractivity contribution in [3.8, 4) is 0 Å². The fourth-order valence-electron chi connectivity index (χ4n) is 3.07. The van der Waals surface area contributed by atoms with Crippen LogP contribution in [0.5, 0.6) is 0 Å². The average Bonchev–Trinajstić information content (AvgIpc) is 2.67. The quantitative estimate of drug-likeness (QED) is 0.724. The Morgan fingerprint density at radius 1 is 1.07 bits per heavy atom. The Labute approximate surface area is 154 Å². The summed E-state index contributed by atoms with van der Waals surface area (Å²) < 4.78 is 26.1. The summed E-state index contributed by atoms with van der Waals surface area (Å²) >= 11 is 0. The van der Waals surface area contributed by atoms with E-state index in [2.05, 4.69) is 5.32 Å². The Morgan fingerprint density at radius 2 is 1.67 bits per heavy atom. The summed E-state index contributed by atoms with van der Waals surface area (Å²) in [4.78, 5) is 38.1. The molecule has 0 spiro atoms. The highest BCUT2D eigenvalue weighted by Gasteiger charge is 2.32. The second-order valence-electron chi connectivity index (χ2n) is 6.41. The molecule has 8 heteroatoms. The predicted molar refractivity (Wildman–Crippen MR) is 95.6 cm³/mol. The summed E-state index contributed by atoms with van der Waals surface area (Å²) in [6, 6.07) is 10.5. The number of carbonyl (C=O) groups excluding carboxylic acids is 3. The van der Waals surface area contributed by atoms with Gasteiger partial charge in [-0.2, -0.15) is 0 Å². The van der Waals surface area contributed by atoms with Crippen LogP contribution in [0.25, 0.3) is 10.8 Å². The highest BCUT2D eigenvalue weighted by atomic mass is 19.3. The van der Waals surface area contributed by atoms with E-state index in [9.17, 15) is 23.2 Å². The molecule has 0 bridgehead atoms. The van der Waals surface area contributed by atoms with E-state index in [1.54, 1.807) is 24.3 Å². The zero-order valence-electron chi connectivity index (χ0n) is 14.5. The first kappa shape index (κ1) is 18.9. The van der Waals surface area contributed by atoms with Crippen LogP contribution in [0.15, 0.2) is 36.4 Å². The van der Waals surface area contributed by atoms with Crippen molar-refractivity contribution >= 4 is 28.5 Å². The zero-order valence-corrected chi connectivity index (χ0v) is 14.5. The highest BCUT2D eigenvalue weighted by Crippen LogP contribution is 2.30. The van der Waals surface area contributed by atoms with Crippen LogP contribution in [0.3, 0.4) is 0 Å². The van der Waals surface area contributed by atoms with Crippen LogP contribution >= 0.6 is 0 Å². The highest BCUT2D eigenvalue weighted by molar-refractivity contribution is 6.25. The largest absolute Gasteiger partial charge is 0.350 e. The lowest BCUT2D eigenvalue weighted by Crippen LogP contribution is -2.42. The fraction of sp³-hybridized carbons (Fsp3) is 0.316. The second kappa shape index (κ2) is 7.40. The minimum absolute atomic E-state index is 0.0308. The van der Waals surface area contributed by atoms with Gasteiger partial charge in [-0.05, 0) is 23.9 Å². The molecule has 0 fully saturated rings. The van der Waals surface area contributed by atoms with Crippen LogP contribution in [-0.4, -0.2) is 48.2 Å². The number of hydrogen-bond acceptors (Lipinski definition) is 4. The predicted octanol–water partition coefficient (Wildman–Crippen LogP) is 1.93. The second-order valence-corrected chi connectivity index (χ2v) is 6.41. The first-order valence-electron chi connectivity index (χ1n) is 8.56. The number of amides is 3. The first-order chi connectivity index (χ1) is 12.8. The Bertz CT molecular complexity index is 863. The molecule has 0 atom stereocenters. The number of nitrogens with two attached hydrogens (primary N) is 1. The van der Waals surface area contributed by atoms with Gasteiger partial charge in [0.1, 0.15) is 0 Å². The van der Waals surface area contributed by atoms with Gasteiger partial charge in [-0.25, -0.2) is 8.78 Å². The van der Waals surface area contributed by atoms with Gasteiger partial charge >= 0.3 is 0 Å². The summed E-state index contributed by atoms with van der Waals surface area (Å²) in [6.45, 7) is -1.66. The van der Waals surface area contributed by atoms with Gasteiger partial charge in [0.15, 0.2) is 0 Å². The Hall–Kier alpha value is -2.87. The maximum atomic E-state index is 13.0. The number of benzene rings is 2. The van der Waals surface area contributed by atoms with Crippen molar-refractivity contribution in [1.82, 2.24) is 10.2 Å². The summed E-state index contributed by atoms with van der Waals surface area (Å²) in [5.41, 5.74) is 5.79. The van der Waals surface area contributed by atoms with E-state index in [4.69, 9.17) is 5.73 Å². The van der Waals surface area contributed by atoms with Gasteiger partial charge in [0.25, 0.3) is 17.7 Å². The molecule has 1 aliphatic rings. The molecule has 0 aromatic heterocycles. The first-order valence-corrected chi connectivity index (χ1v) is 8.56. The molecule has 27 heavy (non-hydrogen) atoms. The van der Waals surface area contributed by atoms with Crippen LogP contribution in [-0.2, 0) is 4.79 Å². The van der Waals surface area contributed by atoms with E-state index in [1.807, 2.05) is 12.1 Å². The molecule has 0 aliphatic carbocycles. The fourth-order valence-corrected chi connectivity index (χ4v) is 3.07. The molecule has 2 aromatic carbocycles. The minimum Gasteiger partial charge on any atom is -0.350 e. The minimum atomic E-state index is -3.16. The van der Waals surface area contributed by atoms with Gasteiger partial charge in [-0.1, -0.05) is 24.3 Å². The van der Waals surface area contributed by atoms with E-state index < -0.39 is 36.7 Å². The third-order valence-corrected chi connectivity index (χ3v) is 4.48. The summed E-state index contributed by atoms with van der Waals surface area (Å²) in [7, 11) is 0. The summed E-state index contributed by atoms with van der Waals surface area (Å²) in [5, 5.41) is 3.55. The lowest BCUT2D eigenvalue weighted by atomic mass is 9.94. The number of halogens is 2. The van der Waals surface area contributed by atoms with Gasteiger partial charge in [-0.15, -0.1) is 0 Å². The molecule has 1 heterocycles. The Balaban J connectivity index is 1.65. The molecular weight excluding hydrogens is 356 g/mol. The van der Waals surface area contributed by atoms with Crippen molar-refractivity contribution in [2.24, 2.45) is 5.73 Å². The molecule has 0 radical (unpaired) electrons. The van der Waals surface area contributed by atoms with E-state index in [1.165, 1.54) is 0 Å². The van der Waals surface area contributed by atoms with Crippen molar-refractivity contribution < 1.29 is 23.2 Å². The van der Waals surface area contributed by atoms with Gasteiger partial charge in [0.2, 0.25) is 5.91 Å². The lowest BCUT2D eigenvalue weighted by Gasteiger charge is -2.27. The lowest BCUT2D eigenvalue weighted by molar-refractivity contribution is -0.123. The van der Waals surface area contributed by atoms with Gasteiger partial charge in [-0.3, -0.25) is 19.3 Å². The van der Waals surface area contributed by atoms with Crippen molar-refractivity contribution in [1.29, 1.82) is 0 Å². The standard InChI is InChI=1S/C19H19F2N3O3/c20-19(21,10-22)11-23-15(25)8-3-9-24-17(26)13-6-1-4-12-5-2-7-14(16(12)13)18(24)27/h1-2,4-7H,3,8-11,22H2,(H,23,25). The van der Waals surface area contributed by atoms with Gasteiger partial charge < -0.3 is 11.1 Å². The average molecular weight is 375 g/mol. The van der Waals surface area contributed by atoms with Crippen LogP contribution in [0.2, 0.25) is 0 Å². The maximum absolute atomic E-state index is 13.0. The Kier molecular flexibility index (Phi) is 5.18. The molecule has 6 nitrogen and oxygen atoms in total. The molecule has 0 saturated heterocycles. The molecular formula is C19H19F2N3O3. The van der Waals surface area contributed by atoms with E-state index >= 15 is 0 Å². The SMILES string of the molecule is NCC(F)(F)CNC(=O)CCCN1C(=O)c2cccc3cccc(c23)C1=O. The van der Waals surface area contributed by atoms with Crippen LogP contribution in [0.1, 0.15) is 33.6 Å². The van der Waals surface area contributed by atoms with E-state index in [0.29, 0.717) is 16.5 Å².